The molecule has 1 saturated carbocycles. The van der Waals surface area contributed by atoms with Crippen molar-refractivity contribution >= 4 is 11.8 Å². The van der Waals surface area contributed by atoms with Gasteiger partial charge < -0.3 is 15.6 Å². The summed E-state index contributed by atoms with van der Waals surface area (Å²) in [6, 6.07) is 9.90. The first kappa shape index (κ1) is 14.0. The van der Waals surface area contributed by atoms with E-state index in [9.17, 15) is 9.59 Å². The van der Waals surface area contributed by atoms with Crippen LogP contribution in [0.2, 0.25) is 0 Å². The molecule has 0 atom stereocenters. The molecule has 1 aliphatic carbocycles. The molecule has 1 fully saturated rings. The van der Waals surface area contributed by atoms with E-state index in [-0.39, 0.29) is 5.91 Å². The topological polar surface area (TPSA) is 92.1 Å². The molecule has 23 heavy (non-hydrogen) atoms. The van der Waals surface area contributed by atoms with Gasteiger partial charge in [0.2, 0.25) is 11.8 Å². The van der Waals surface area contributed by atoms with Gasteiger partial charge in [-0.1, -0.05) is 30.3 Å². The summed E-state index contributed by atoms with van der Waals surface area (Å²) in [5.74, 6) is 0.190. The fourth-order valence-electron chi connectivity index (χ4n) is 3.19. The zero-order valence-electron chi connectivity index (χ0n) is 12.7. The number of carbonyl (C=O) groups is 2. The zero-order chi connectivity index (χ0) is 16.0. The fraction of sp³-hybridized carbons (Fsp3) is 0.353. The summed E-state index contributed by atoms with van der Waals surface area (Å²) in [5, 5.41) is 0. The lowest BCUT2D eigenvalue weighted by Crippen LogP contribution is -2.45. The number of nitrogens with one attached hydrogen (secondary N) is 1. The number of hydrogen-bond acceptors (Lipinski definition) is 3. The van der Waals surface area contributed by atoms with Crippen LogP contribution in [-0.2, 0) is 22.6 Å². The molecule has 2 amide bonds. The molecule has 0 unspecified atom stereocenters. The lowest BCUT2D eigenvalue weighted by atomic mass is 10.0. The maximum absolute atomic E-state index is 12.6. The van der Waals surface area contributed by atoms with Crippen LogP contribution < -0.4 is 5.73 Å². The highest BCUT2D eigenvalue weighted by atomic mass is 16.2. The Kier molecular flexibility index (Phi) is 3.01. The number of carbonyl (C=O) groups excluding carboxylic acids is 2. The summed E-state index contributed by atoms with van der Waals surface area (Å²) < 4.78 is 0. The first-order valence-corrected chi connectivity index (χ1v) is 7.83. The number of nitrogens with zero attached hydrogens (tertiary/aromatic N) is 2. The van der Waals surface area contributed by atoms with E-state index in [0.29, 0.717) is 32.4 Å². The third kappa shape index (κ3) is 2.21. The van der Waals surface area contributed by atoms with Crippen molar-refractivity contribution < 1.29 is 9.59 Å². The Bertz CT molecular complexity index is 777. The summed E-state index contributed by atoms with van der Waals surface area (Å²) in [6.07, 6.45) is 1.84. The van der Waals surface area contributed by atoms with Crippen molar-refractivity contribution in [1.29, 1.82) is 0 Å². The Morgan fingerprint density at radius 1 is 1.22 bits per heavy atom. The van der Waals surface area contributed by atoms with Crippen LogP contribution in [0.25, 0.3) is 11.4 Å². The highest BCUT2D eigenvalue weighted by Crippen LogP contribution is 2.47. The minimum Gasteiger partial charge on any atom is -0.369 e. The van der Waals surface area contributed by atoms with Crippen LogP contribution in [0.3, 0.4) is 0 Å². The molecular weight excluding hydrogens is 292 g/mol. The number of nitrogens with two attached hydrogens (primary N) is 1. The number of aromatic nitrogens is 2. The van der Waals surface area contributed by atoms with E-state index in [1.54, 1.807) is 4.90 Å². The molecule has 1 aliphatic heterocycles. The van der Waals surface area contributed by atoms with E-state index in [0.717, 1.165) is 22.8 Å². The van der Waals surface area contributed by atoms with Gasteiger partial charge in [0.1, 0.15) is 11.2 Å². The molecule has 118 valence electrons. The summed E-state index contributed by atoms with van der Waals surface area (Å²) in [6.45, 7) is 1.04. The number of amides is 2. The SMILES string of the molecule is NC(=O)C1(C(=O)N2CCc3nc(-c4ccccc4)[nH]c3C2)CC1. The standard InChI is InChI=1S/C17H18N4O2/c18-15(22)17(7-8-17)16(23)21-9-6-12-13(10-21)20-14(19-12)11-4-2-1-3-5-11/h1-5H,6-10H2,(H2,18,22)(H,19,20). The normalized spacial score (nSPS) is 18.3. The molecule has 0 bridgehead atoms. The smallest absolute Gasteiger partial charge is 0.238 e. The van der Waals surface area contributed by atoms with Crippen LogP contribution in [0.1, 0.15) is 24.2 Å². The van der Waals surface area contributed by atoms with Crippen LogP contribution >= 0.6 is 0 Å². The Hall–Kier alpha value is -2.63. The molecule has 1 aromatic heterocycles. The van der Waals surface area contributed by atoms with E-state index in [1.165, 1.54) is 0 Å². The molecule has 0 spiro atoms. The number of benzene rings is 1. The molecule has 1 aromatic carbocycles. The van der Waals surface area contributed by atoms with Crippen molar-refractivity contribution in [2.75, 3.05) is 6.54 Å². The van der Waals surface area contributed by atoms with E-state index in [2.05, 4.69) is 9.97 Å². The Morgan fingerprint density at radius 2 is 1.96 bits per heavy atom. The molecule has 3 N–H and O–H groups in total. The van der Waals surface area contributed by atoms with Gasteiger partial charge in [-0.05, 0) is 12.8 Å². The third-order valence-corrected chi connectivity index (χ3v) is 4.80. The summed E-state index contributed by atoms with van der Waals surface area (Å²) >= 11 is 0. The van der Waals surface area contributed by atoms with Gasteiger partial charge in [-0.15, -0.1) is 0 Å². The molecule has 6 heteroatoms. The van der Waals surface area contributed by atoms with Gasteiger partial charge in [0.05, 0.1) is 17.9 Å². The van der Waals surface area contributed by atoms with E-state index in [1.807, 2.05) is 30.3 Å². The summed E-state index contributed by atoms with van der Waals surface area (Å²) in [7, 11) is 0. The van der Waals surface area contributed by atoms with Gasteiger partial charge >= 0.3 is 0 Å². The second kappa shape index (κ2) is 4.94. The molecule has 0 radical (unpaired) electrons. The van der Waals surface area contributed by atoms with Crippen molar-refractivity contribution in [3.05, 3.63) is 41.7 Å². The van der Waals surface area contributed by atoms with Gasteiger partial charge in [-0.3, -0.25) is 9.59 Å². The molecule has 2 aliphatic rings. The highest BCUT2D eigenvalue weighted by Gasteiger charge is 2.57. The lowest BCUT2D eigenvalue weighted by molar-refractivity contribution is -0.143. The molecule has 4 rings (SSSR count). The Morgan fingerprint density at radius 3 is 2.61 bits per heavy atom. The Balaban J connectivity index is 1.57. The lowest BCUT2D eigenvalue weighted by Gasteiger charge is -2.28. The fourth-order valence-corrected chi connectivity index (χ4v) is 3.19. The first-order valence-electron chi connectivity index (χ1n) is 7.83. The van der Waals surface area contributed by atoms with Crippen LogP contribution in [0.15, 0.2) is 30.3 Å². The monoisotopic (exact) mass is 310 g/mol. The molecule has 0 saturated heterocycles. The van der Waals surface area contributed by atoms with Crippen molar-refractivity contribution in [2.24, 2.45) is 11.1 Å². The van der Waals surface area contributed by atoms with Crippen molar-refractivity contribution in [2.45, 2.75) is 25.8 Å². The predicted octanol–water partition coefficient (Wildman–Crippen LogP) is 1.23. The van der Waals surface area contributed by atoms with Gasteiger partial charge in [-0.25, -0.2) is 4.98 Å². The van der Waals surface area contributed by atoms with Crippen LogP contribution in [0.4, 0.5) is 0 Å². The Labute approximate surface area is 133 Å². The second-order valence-electron chi connectivity index (χ2n) is 6.30. The number of imidazole rings is 1. The van der Waals surface area contributed by atoms with Gasteiger partial charge in [0, 0.05) is 18.5 Å². The second-order valence-corrected chi connectivity index (χ2v) is 6.30. The third-order valence-electron chi connectivity index (χ3n) is 4.80. The van der Waals surface area contributed by atoms with E-state index in [4.69, 9.17) is 5.73 Å². The molecule has 2 heterocycles. The average molecular weight is 310 g/mol. The van der Waals surface area contributed by atoms with Crippen LogP contribution in [0.5, 0.6) is 0 Å². The van der Waals surface area contributed by atoms with Gasteiger partial charge in [0.25, 0.3) is 0 Å². The summed E-state index contributed by atoms with van der Waals surface area (Å²) in [4.78, 5) is 33.8. The maximum atomic E-state index is 12.6. The average Bonchev–Trinajstić information content (AvgIpc) is 3.28. The van der Waals surface area contributed by atoms with Gasteiger partial charge in [0.15, 0.2) is 0 Å². The first-order chi connectivity index (χ1) is 11.1. The van der Waals surface area contributed by atoms with Crippen molar-refractivity contribution in [1.82, 2.24) is 14.9 Å². The largest absolute Gasteiger partial charge is 0.369 e. The quantitative estimate of drug-likeness (QED) is 0.835. The number of aromatic amines is 1. The van der Waals surface area contributed by atoms with E-state index < -0.39 is 11.3 Å². The number of fused-ring (bicyclic) bond motifs is 1. The number of hydrogen-bond donors (Lipinski definition) is 2. The van der Waals surface area contributed by atoms with Crippen LogP contribution in [0, 0.1) is 5.41 Å². The number of H-pyrrole nitrogens is 1. The number of primary amides is 1. The number of rotatable bonds is 3. The molecular formula is C17H18N4O2. The zero-order valence-corrected chi connectivity index (χ0v) is 12.7. The highest BCUT2D eigenvalue weighted by molar-refractivity contribution is 6.07. The van der Waals surface area contributed by atoms with Crippen LogP contribution in [-0.4, -0.2) is 33.2 Å². The maximum Gasteiger partial charge on any atom is 0.238 e. The summed E-state index contributed by atoms with van der Waals surface area (Å²) in [5.41, 5.74) is 7.43. The van der Waals surface area contributed by atoms with Crippen molar-refractivity contribution in [3.8, 4) is 11.4 Å². The molecule has 2 aromatic rings. The minimum absolute atomic E-state index is 0.133. The molecule has 6 nitrogen and oxygen atoms in total. The minimum atomic E-state index is -0.945. The van der Waals surface area contributed by atoms with Crippen molar-refractivity contribution in [3.63, 3.8) is 0 Å². The van der Waals surface area contributed by atoms with E-state index >= 15 is 0 Å². The van der Waals surface area contributed by atoms with Gasteiger partial charge in [-0.2, -0.15) is 0 Å². The predicted molar refractivity (Wildman–Crippen MR) is 84.0 cm³/mol.